The zero-order valence-electron chi connectivity index (χ0n) is 20.5. The quantitative estimate of drug-likeness (QED) is 0.140. The fraction of sp³-hybridized carbons (Fsp3) is 0.103. The Bertz CT molecular complexity index is 1410. The summed E-state index contributed by atoms with van der Waals surface area (Å²) in [5.41, 5.74) is 2.50. The molecule has 4 rings (SSSR count). The minimum Gasteiger partial charge on any atom is -0.484 e. The minimum absolute atomic E-state index is 0.0340. The van der Waals surface area contributed by atoms with Crippen molar-refractivity contribution in [2.24, 2.45) is 0 Å². The topological polar surface area (TPSA) is 111 Å². The molecule has 0 heterocycles. The van der Waals surface area contributed by atoms with Gasteiger partial charge in [-0.3, -0.25) is 19.7 Å². The number of ether oxygens (including phenoxy) is 1. The number of para-hydroxylation sites is 1. The molecule has 0 fully saturated rings. The van der Waals surface area contributed by atoms with Gasteiger partial charge in [-0.2, -0.15) is 0 Å². The van der Waals surface area contributed by atoms with Gasteiger partial charge in [-0.15, -0.1) is 11.8 Å². The minimum atomic E-state index is -0.578. The van der Waals surface area contributed by atoms with Crippen molar-refractivity contribution in [2.45, 2.75) is 17.1 Å². The van der Waals surface area contributed by atoms with Gasteiger partial charge in [-0.1, -0.05) is 48.5 Å². The lowest BCUT2D eigenvalue weighted by atomic mass is 10.1. The van der Waals surface area contributed by atoms with Gasteiger partial charge in [-0.05, 0) is 60.5 Å². The van der Waals surface area contributed by atoms with E-state index in [4.69, 9.17) is 4.74 Å². The summed E-state index contributed by atoms with van der Waals surface area (Å²) in [5, 5.41) is 16.2. The van der Waals surface area contributed by atoms with Crippen molar-refractivity contribution in [1.29, 1.82) is 0 Å². The number of hydrogen-bond acceptors (Lipinski definition) is 6. The van der Waals surface area contributed by atoms with Crippen LogP contribution in [0, 0.1) is 17.0 Å². The number of benzene rings is 4. The van der Waals surface area contributed by atoms with Crippen LogP contribution in [0.2, 0.25) is 0 Å². The average Bonchev–Trinajstić information content (AvgIpc) is 2.93. The molecule has 4 aromatic rings. The van der Waals surface area contributed by atoms with Crippen LogP contribution in [-0.2, 0) is 9.59 Å². The van der Waals surface area contributed by atoms with E-state index in [1.165, 1.54) is 30.0 Å². The van der Waals surface area contributed by atoms with Crippen molar-refractivity contribution in [3.8, 4) is 5.75 Å². The van der Waals surface area contributed by atoms with Gasteiger partial charge in [0.25, 0.3) is 11.6 Å². The number of hydrogen-bond donors (Lipinski definition) is 2. The van der Waals surface area contributed by atoms with Gasteiger partial charge in [0.15, 0.2) is 6.61 Å². The molecule has 4 aromatic carbocycles. The number of carbonyl (C=O) groups is 2. The molecular formula is C29H25N3O5S. The number of nitro benzene ring substituents is 1. The van der Waals surface area contributed by atoms with Gasteiger partial charge in [-0.25, -0.2) is 0 Å². The monoisotopic (exact) mass is 527 g/mol. The second kappa shape index (κ2) is 12.6. The van der Waals surface area contributed by atoms with Gasteiger partial charge >= 0.3 is 0 Å². The fourth-order valence-electron chi connectivity index (χ4n) is 3.62. The van der Waals surface area contributed by atoms with Crippen LogP contribution in [0.15, 0.2) is 108 Å². The maximum Gasteiger partial charge on any atom is 0.269 e. The van der Waals surface area contributed by atoms with Gasteiger partial charge < -0.3 is 15.4 Å². The van der Waals surface area contributed by atoms with E-state index in [0.717, 1.165) is 10.5 Å². The average molecular weight is 528 g/mol. The lowest BCUT2D eigenvalue weighted by Gasteiger charge is -2.18. The molecule has 1 unspecified atom stereocenters. The molecule has 0 spiro atoms. The molecule has 2 N–H and O–H groups in total. The maximum atomic E-state index is 13.4. The van der Waals surface area contributed by atoms with E-state index in [-0.39, 0.29) is 24.1 Å². The van der Waals surface area contributed by atoms with E-state index in [0.29, 0.717) is 22.7 Å². The third kappa shape index (κ3) is 7.21. The summed E-state index contributed by atoms with van der Waals surface area (Å²) < 4.78 is 5.47. The summed E-state index contributed by atoms with van der Waals surface area (Å²) >= 11 is 1.36. The number of non-ortho nitro benzene ring substituents is 1. The normalized spacial score (nSPS) is 11.3. The van der Waals surface area contributed by atoms with Gasteiger partial charge in [0, 0.05) is 28.4 Å². The first-order valence-corrected chi connectivity index (χ1v) is 12.6. The predicted molar refractivity (Wildman–Crippen MR) is 149 cm³/mol. The summed E-state index contributed by atoms with van der Waals surface area (Å²) in [7, 11) is 0. The Balaban J connectivity index is 1.43. The van der Waals surface area contributed by atoms with E-state index in [1.54, 1.807) is 31.2 Å². The number of aryl methyl sites for hydroxylation is 1. The number of carbonyl (C=O) groups excluding carboxylic acids is 2. The molecule has 0 aromatic heterocycles. The number of nitrogens with one attached hydrogen (secondary N) is 2. The molecule has 0 aliphatic rings. The van der Waals surface area contributed by atoms with Crippen molar-refractivity contribution in [3.63, 3.8) is 0 Å². The summed E-state index contributed by atoms with van der Waals surface area (Å²) in [6.45, 7) is 1.60. The Labute approximate surface area is 224 Å². The molecule has 0 bridgehead atoms. The highest BCUT2D eigenvalue weighted by atomic mass is 32.2. The van der Waals surface area contributed by atoms with Gasteiger partial charge in [0.1, 0.15) is 11.0 Å². The van der Waals surface area contributed by atoms with Crippen LogP contribution in [0.3, 0.4) is 0 Å². The van der Waals surface area contributed by atoms with Crippen molar-refractivity contribution < 1.29 is 19.2 Å². The second-order valence-electron chi connectivity index (χ2n) is 8.33. The third-order valence-electron chi connectivity index (χ3n) is 5.52. The zero-order chi connectivity index (χ0) is 26.9. The summed E-state index contributed by atoms with van der Waals surface area (Å²) in [5.74, 6) is 0.0754. The van der Waals surface area contributed by atoms with Crippen molar-refractivity contribution in [1.82, 2.24) is 0 Å². The number of nitro groups is 1. The molecule has 2 amide bonds. The van der Waals surface area contributed by atoms with Gasteiger partial charge in [0.05, 0.1) is 4.92 Å². The number of amides is 2. The van der Waals surface area contributed by atoms with E-state index in [2.05, 4.69) is 10.6 Å². The first-order chi connectivity index (χ1) is 18.4. The summed E-state index contributed by atoms with van der Waals surface area (Å²) in [6, 6.07) is 30.0. The Morgan fingerprint density at radius 3 is 2.18 bits per heavy atom. The predicted octanol–water partition coefficient (Wildman–Crippen LogP) is 6.39. The van der Waals surface area contributed by atoms with Crippen LogP contribution in [0.1, 0.15) is 16.4 Å². The van der Waals surface area contributed by atoms with Crippen LogP contribution in [0.4, 0.5) is 17.1 Å². The van der Waals surface area contributed by atoms with Crippen molar-refractivity contribution >= 4 is 40.6 Å². The largest absolute Gasteiger partial charge is 0.484 e. The van der Waals surface area contributed by atoms with Crippen LogP contribution in [0.5, 0.6) is 5.75 Å². The lowest BCUT2D eigenvalue weighted by Crippen LogP contribution is -2.20. The number of thioether (sulfide) groups is 1. The highest BCUT2D eigenvalue weighted by Crippen LogP contribution is 2.37. The molecule has 8 nitrogen and oxygen atoms in total. The maximum absolute atomic E-state index is 13.4. The molecule has 0 saturated carbocycles. The Morgan fingerprint density at radius 2 is 1.55 bits per heavy atom. The molecule has 192 valence electrons. The van der Waals surface area contributed by atoms with E-state index < -0.39 is 10.2 Å². The van der Waals surface area contributed by atoms with E-state index in [9.17, 15) is 19.7 Å². The summed E-state index contributed by atoms with van der Waals surface area (Å²) in [4.78, 5) is 37.0. The SMILES string of the molecule is Cc1cc([N+](=O)[O-])ccc1NC(=O)C(Sc1ccc(NC(=O)COc2ccccc2)cc1)c1ccccc1. The van der Waals surface area contributed by atoms with E-state index in [1.807, 2.05) is 60.7 Å². The van der Waals surface area contributed by atoms with Crippen molar-refractivity contribution in [2.75, 3.05) is 17.2 Å². The van der Waals surface area contributed by atoms with Crippen molar-refractivity contribution in [3.05, 3.63) is 124 Å². The van der Waals surface area contributed by atoms with E-state index >= 15 is 0 Å². The molecular weight excluding hydrogens is 502 g/mol. The molecule has 9 heteroatoms. The molecule has 0 aliphatic heterocycles. The Kier molecular flexibility index (Phi) is 8.73. The Morgan fingerprint density at radius 1 is 0.895 bits per heavy atom. The Hall–Kier alpha value is -4.63. The molecule has 0 saturated heterocycles. The smallest absolute Gasteiger partial charge is 0.269 e. The zero-order valence-corrected chi connectivity index (χ0v) is 21.3. The highest BCUT2D eigenvalue weighted by molar-refractivity contribution is 8.00. The molecule has 1 atom stereocenters. The molecule has 0 aliphatic carbocycles. The van der Waals surface area contributed by atoms with Crippen LogP contribution < -0.4 is 15.4 Å². The first-order valence-electron chi connectivity index (χ1n) is 11.7. The van der Waals surface area contributed by atoms with Crippen LogP contribution in [0.25, 0.3) is 0 Å². The van der Waals surface area contributed by atoms with Crippen LogP contribution >= 0.6 is 11.8 Å². The van der Waals surface area contributed by atoms with Crippen LogP contribution in [-0.4, -0.2) is 23.3 Å². The molecule has 0 radical (unpaired) electrons. The standard InChI is InChI=1S/C29H25N3O5S/c1-20-18-23(32(35)36)14-17-26(20)31-29(34)28(21-8-4-2-5-9-21)38-25-15-12-22(13-16-25)30-27(33)19-37-24-10-6-3-7-11-24/h2-18,28H,19H2,1H3,(H,30,33)(H,31,34). The second-order valence-corrected chi connectivity index (χ2v) is 9.51. The fourth-order valence-corrected chi connectivity index (χ4v) is 4.64. The number of anilines is 2. The third-order valence-corrected chi connectivity index (χ3v) is 6.79. The number of nitrogens with zero attached hydrogens (tertiary/aromatic N) is 1. The first kappa shape index (κ1) is 26.4. The number of rotatable bonds is 10. The lowest BCUT2D eigenvalue weighted by molar-refractivity contribution is -0.384. The molecule has 38 heavy (non-hydrogen) atoms. The highest BCUT2D eigenvalue weighted by Gasteiger charge is 2.23. The summed E-state index contributed by atoms with van der Waals surface area (Å²) in [6.07, 6.45) is 0. The van der Waals surface area contributed by atoms with Gasteiger partial charge in [0.2, 0.25) is 5.91 Å².